The number of hydrogen-bond acceptors (Lipinski definition) is 4. The lowest BCUT2D eigenvalue weighted by atomic mass is 9.87. The van der Waals surface area contributed by atoms with Gasteiger partial charge >= 0.3 is 0 Å². The van der Waals surface area contributed by atoms with Crippen molar-refractivity contribution in [1.82, 2.24) is 20.2 Å². The van der Waals surface area contributed by atoms with Crippen LogP contribution < -0.4 is 5.32 Å². The van der Waals surface area contributed by atoms with E-state index in [-0.39, 0.29) is 0 Å². The minimum Gasteiger partial charge on any atom is -0.317 e. The fraction of sp³-hybridized carbons (Fsp3) is 0.565. The van der Waals surface area contributed by atoms with Crippen molar-refractivity contribution in [3.63, 3.8) is 0 Å². The molecule has 2 aliphatic heterocycles. The first-order valence-corrected chi connectivity index (χ1v) is 10.5. The lowest BCUT2D eigenvalue weighted by Crippen LogP contribution is -2.42. The third-order valence-electron chi connectivity index (χ3n) is 6.54. The van der Waals surface area contributed by atoms with Gasteiger partial charge in [0.05, 0.1) is 23.5 Å². The van der Waals surface area contributed by atoms with E-state index in [1.54, 1.807) is 0 Å². The summed E-state index contributed by atoms with van der Waals surface area (Å²) in [6.45, 7) is 7.91. The van der Waals surface area contributed by atoms with Gasteiger partial charge in [-0.15, -0.1) is 0 Å². The standard InChI is InChI=1S/C23H32N4/c1-17-9-15-26-23(18(17)2)22-8-5-7-21(20-6-3-4-12-25-20)27(22)16-19-10-13-24-14-11-19/h3-4,6,9,12,15,19,21-22,24H,5,7-8,10-11,13-14,16H2,1-2H3. The maximum absolute atomic E-state index is 4.86. The highest BCUT2D eigenvalue weighted by Gasteiger charge is 2.36. The zero-order valence-electron chi connectivity index (χ0n) is 16.7. The second kappa shape index (κ2) is 8.49. The number of likely N-dealkylation sites (tertiary alicyclic amines) is 1. The Bertz CT molecular complexity index is 739. The maximum atomic E-state index is 4.86. The predicted molar refractivity (Wildman–Crippen MR) is 110 cm³/mol. The molecule has 27 heavy (non-hydrogen) atoms. The van der Waals surface area contributed by atoms with Gasteiger partial charge in [0.15, 0.2) is 0 Å². The van der Waals surface area contributed by atoms with Crippen LogP contribution in [0, 0.1) is 19.8 Å². The fourth-order valence-electron chi connectivity index (χ4n) is 4.84. The molecule has 0 radical (unpaired) electrons. The van der Waals surface area contributed by atoms with E-state index >= 15 is 0 Å². The molecule has 2 unspecified atom stereocenters. The van der Waals surface area contributed by atoms with Crippen molar-refractivity contribution in [2.45, 2.75) is 58.0 Å². The molecule has 4 nitrogen and oxygen atoms in total. The molecule has 2 saturated heterocycles. The number of hydrogen-bond donors (Lipinski definition) is 1. The number of rotatable bonds is 4. The normalized spacial score (nSPS) is 24.8. The smallest absolute Gasteiger partial charge is 0.0607 e. The van der Waals surface area contributed by atoms with E-state index in [0.717, 1.165) is 25.6 Å². The average Bonchev–Trinajstić information content (AvgIpc) is 2.72. The average molecular weight is 365 g/mol. The van der Waals surface area contributed by atoms with Gasteiger partial charge in [0, 0.05) is 18.9 Å². The molecule has 4 heteroatoms. The Balaban J connectivity index is 1.68. The van der Waals surface area contributed by atoms with Crippen molar-refractivity contribution < 1.29 is 0 Å². The Hall–Kier alpha value is -1.78. The molecule has 2 aliphatic rings. The van der Waals surface area contributed by atoms with Gasteiger partial charge in [0.2, 0.25) is 0 Å². The molecule has 0 bridgehead atoms. The van der Waals surface area contributed by atoms with Crippen LogP contribution in [0.15, 0.2) is 36.7 Å². The Morgan fingerprint density at radius 1 is 0.963 bits per heavy atom. The second-order valence-corrected chi connectivity index (χ2v) is 8.25. The summed E-state index contributed by atoms with van der Waals surface area (Å²) in [6.07, 6.45) is 10.1. The molecule has 2 fully saturated rings. The number of aryl methyl sites for hydroxylation is 1. The highest BCUT2D eigenvalue weighted by molar-refractivity contribution is 5.30. The monoisotopic (exact) mass is 364 g/mol. The summed E-state index contributed by atoms with van der Waals surface area (Å²) < 4.78 is 0. The quantitative estimate of drug-likeness (QED) is 0.875. The van der Waals surface area contributed by atoms with E-state index in [0.29, 0.717) is 12.1 Å². The van der Waals surface area contributed by atoms with Gasteiger partial charge in [-0.05, 0) is 94.3 Å². The van der Waals surface area contributed by atoms with Gasteiger partial charge < -0.3 is 5.32 Å². The predicted octanol–water partition coefficient (Wildman–Crippen LogP) is 4.36. The summed E-state index contributed by atoms with van der Waals surface area (Å²) in [5.41, 5.74) is 5.22. The molecular formula is C23H32N4. The lowest BCUT2D eigenvalue weighted by Gasteiger charge is -2.44. The zero-order valence-corrected chi connectivity index (χ0v) is 16.7. The van der Waals surface area contributed by atoms with Crippen LogP contribution in [0.4, 0.5) is 0 Å². The highest BCUT2D eigenvalue weighted by Crippen LogP contribution is 2.42. The molecule has 4 rings (SSSR count). The van der Waals surface area contributed by atoms with Gasteiger partial charge in [-0.25, -0.2) is 0 Å². The van der Waals surface area contributed by atoms with E-state index in [1.807, 2.05) is 18.5 Å². The van der Waals surface area contributed by atoms with Gasteiger partial charge in [-0.1, -0.05) is 6.07 Å². The lowest BCUT2D eigenvalue weighted by molar-refractivity contribution is 0.0531. The first kappa shape index (κ1) is 18.6. The summed E-state index contributed by atoms with van der Waals surface area (Å²) in [7, 11) is 0. The van der Waals surface area contributed by atoms with Crippen molar-refractivity contribution in [3.05, 3.63) is 59.2 Å². The van der Waals surface area contributed by atoms with Crippen LogP contribution in [0.2, 0.25) is 0 Å². The first-order valence-electron chi connectivity index (χ1n) is 10.5. The molecule has 0 saturated carbocycles. The van der Waals surface area contributed by atoms with Crippen LogP contribution in [-0.2, 0) is 0 Å². The summed E-state index contributed by atoms with van der Waals surface area (Å²) in [6, 6.07) is 9.30. The summed E-state index contributed by atoms with van der Waals surface area (Å²) in [4.78, 5) is 12.3. The van der Waals surface area contributed by atoms with Crippen LogP contribution in [-0.4, -0.2) is 34.5 Å². The van der Waals surface area contributed by atoms with Crippen molar-refractivity contribution in [3.8, 4) is 0 Å². The van der Waals surface area contributed by atoms with Gasteiger partial charge in [0.1, 0.15) is 0 Å². The van der Waals surface area contributed by atoms with Crippen molar-refractivity contribution >= 4 is 0 Å². The number of nitrogens with zero attached hydrogens (tertiary/aromatic N) is 3. The van der Waals surface area contributed by atoms with E-state index < -0.39 is 0 Å². The van der Waals surface area contributed by atoms with Crippen LogP contribution in [0.25, 0.3) is 0 Å². The minimum absolute atomic E-state index is 0.403. The molecule has 2 aromatic heterocycles. The Kier molecular flexibility index (Phi) is 5.84. The van der Waals surface area contributed by atoms with Gasteiger partial charge in [-0.2, -0.15) is 0 Å². The van der Waals surface area contributed by atoms with Gasteiger partial charge in [0.25, 0.3) is 0 Å². The van der Waals surface area contributed by atoms with Crippen molar-refractivity contribution in [2.75, 3.05) is 19.6 Å². The molecule has 0 aromatic carbocycles. The van der Waals surface area contributed by atoms with Crippen LogP contribution in [0.3, 0.4) is 0 Å². The SMILES string of the molecule is Cc1ccnc(C2CCCC(c3ccccn3)N2CC2CCNCC2)c1C. The second-order valence-electron chi connectivity index (χ2n) is 8.25. The number of aromatic nitrogens is 2. The topological polar surface area (TPSA) is 41.1 Å². The third-order valence-corrected chi connectivity index (χ3v) is 6.54. The third kappa shape index (κ3) is 4.07. The summed E-state index contributed by atoms with van der Waals surface area (Å²) in [5, 5.41) is 3.51. The molecule has 2 aromatic rings. The van der Waals surface area contributed by atoms with Crippen molar-refractivity contribution in [1.29, 1.82) is 0 Å². The van der Waals surface area contributed by atoms with Crippen LogP contribution >= 0.6 is 0 Å². The highest BCUT2D eigenvalue weighted by atomic mass is 15.2. The molecule has 4 heterocycles. The molecular weight excluding hydrogens is 332 g/mol. The van der Waals surface area contributed by atoms with Crippen molar-refractivity contribution in [2.24, 2.45) is 5.92 Å². The minimum atomic E-state index is 0.403. The Morgan fingerprint density at radius 2 is 1.78 bits per heavy atom. The Labute approximate surface area is 163 Å². The van der Waals surface area contributed by atoms with Crippen LogP contribution in [0.5, 0.6) is 0 Å². The molecule has 2 atom stereocenters. The molecule has 144 valence electrons. The fourth-order valence-corrected chi connectivity index (χ4v) is 4.84. The maximum Gasteiger partial charge on any atom is 0.0607 e. The summed E-state index contributed by atoms with van der Waals surface area (Å²) in [5.74, 6) is 0.767. The molecule has 0 spiro atoms. The Morgan fingerprint density at radius 3 is 2.56 bits per heavy atom. The van der Waals surface area contributed by atoms with E-state index in [9.17, 15) is 0 Å². The summed E-state index contributed by atoms with van der Waals surface area (Å²) >= 11 is 0. The molecule has 0 amide bonds. The largest absolute Gasteiger partial charge is 0.317 e. The van der Waals surface area contributed by atoms with E-state index in [4.69, 9.17) is 9.97 Å². The number of pyridine rings is 2. The van der Waals surface area contributed by atoms with Gasteiger partial charge in [-0.3, -0.25) is 14.9 Å². The number of piperidine rings is 2. The molecule has 0 aliphatic carbocycles. The van der Waals surface area contributed by atoms with E-state index in [2.05, 4.69) is 42.3 Å². The molecule has 1 N–H and O–H groups in total. The van der Waals surface area contributed by atoms with Crippen LogP contribution in [0.1, 0.15) is 66.7 Å². The number of nitrogens with one attached hydrogen (secondary N) is 1. The first-order chi connectivity index (χ1) is 13.2. The zero-order chi connectivity index (χ0) is 18.6. The van der Waals surface area contributed by atoms with E-state index in [1.165, 1.54) is 54.6 Å².